The molecule has 0 amide bonds. The Morgan fingerprint density at radius 1 is 0.875 bits per heavy atom. The van der Waals surface area contributed by atoms with Crippen molar-refractivity contribution in [3.05, 3.63) is 12.2 Å². The summed E-state index contributed by atoms with van der Waals surface area (Å²) in [4.78, 5) is 0. The molecule has 0 saturated carbocycles. The molecule has 0 bridgehead atoms. The van der Waals surface area contributed by atoms with Gasteiger partial charge in [-0.05, 0) is 12.8 Å². The molecule has 1 rings (SSSR count). The van der Waals surface area contributed by atoms with E-state index in [2.05, 4.69) is 6.92 Å². The van der Waals surface area contributed by atoms with Crippen LogP contribution in [0, 0.1) is 0 Å². The van der Waals surface area contributed by atoms with Gasteiger partial charge in [0.25, 0.3) is 0 Å². The Balaban J connectivity index is 2.10. The molecule has 1 fully saturated rings. The Bertz CT molecular complexity index is 477. The molecule has 8 nitrogen and oxygen atoms in total. The van der Waals surface area contributed by atoms with Crippen LogP contribution in [0.15, 0.2) is 12.2 Å². The van der Waals surface area contributed by atoms with Crippen molar-refractivity contribution in [2.45, 2.75) is 127 Å². The number of rotatable bonds is 18. The first-order valence-corrected chi connectivity index (χ1v) is 12.4. The maximum Gasteiger partial charge on any atom is 0.186 e. The normalized spacial score (nSPS) is 28.3. The molecular formula is C24H47NO7. The van der Waals surface area contributed by atoms with Crippen molar-refractivity contribution < 1.29 is 35.0 Å². The van der Waals surface area contributed by atoms with E-state index in [-0.39, 0.29) is 6.61 Å². The Hall–Kier alpha value is -0.580. The van der Waals surface area contributed by atoms with Crippen LogP contribution in [-0.4, -0.2) is 81.6 Å². The summed E-state index contributed by atoms with van der Waals surface area (Å²) in [5.41, 5.74) is 5.93. The van der Waals surface area contributed by atoms with Crippen LogP contribution < -0.4 is 5.73 Å². The molecule has 0 radical (unpaired) electrons. The maximum atomic E-state index is 10.2. The van der Waals surface area contributed by atoms with Crippen LogP contribution in [0.3, 0.4) is 0 Å². The number of hydrogen-bond donors (Lipinski definition) is 6. The molecule has 190 valence electrons. The van der Waals surface area contributed by atoms with Crippen LogP contribution in [-0.2, 0) is 9.47 Å². The quantitative estimate of drug-likeness (QED) is 0.134. The van der Waals surface area contributed by atoms with Gasteiger partial charge in [-0.3, -0.25) is 0 Å². The third-order valence-electron chi connectivity index (χ3n) is 6.05. The van der Waals surface area contributed by atoms with Gasteiger partial charge in [0.15, 0.2) is 6.29 Å². The fourth-order valence-corrected chi connectivity index (χ4v) is 3.81. The number of nitrogens with two attached hydrogens (primary N) is 1. The molecule has 1 aliphatic heterocycles. The summed E-state index contributed by atoms with van der Waals surface area (Å²) in [5.74, 6) is 0. The number of aliphatic hydroxyl groups is 5. The number of ether oxygens (including phenoxy) is 2. The first-order chi connectivity index (χ1) is 15.4. The molecule has 8 heteroatoms. The third-order valence-corrected chi connectivity index (χ3v) is 6.05. The van der Waals surface area contributed by atoms with E-state index < -0.39 is 49.5 Å². The lowest BCUT2D eigenvalue weighted by atomic mass is 9.99. The van der Waals surface area contributed by atoms with Crippen molar-refractivity contribution >= 4 is 0 Å². The smallest absolute Gasteiger partial charge is 0.186 e. The fourth-order valence-electron chi connectivity index (χ4n) is 3.81. The molecule has 1 heterocycles. The zero-order valence-electron chi connectivity index (χ0n) is 19.7. The van der Waals surface area contributed by atoms with Gasteiger partial charge in [0.05, 0.1) is 25.4 Å². The van der Waals surface area contributed by atoms with Gasteiger partial charge in [0.2, 0.25) is 0 Å². The van der Waals surface area contributed by atoms with Crippen LogP contribution in [0.5, 0.6) is 0 Å². The van der Waals surface area contributed by atoms with E-state index >= 15 is 0 Å². The van der Waals surface area contributed by atoms with Crippen LogP contribution in [0.25, 0.3) is 0 Å². The van der Waals surface area contributed by atoms with Crippen LogP contribution >= 0.6 is 0 Å². The van der Waals surface area contributed by atoms with Crippen molar-refractivity contribution in [3.63, 3.8) is 0 Å². The molecule has 0 aliphatic carbocycles. The SMILES string of the molecule is CCCCCCCCCCCCC/C=C/[C@H](O)[C@@H](N)CO[C@@H]1O[C@H](CO)[C@@H](O)[C@H](O)[C@H]1O. The van der Waals surface area contributed by atoms with E-state index in [4.69, 9.17) is 15.2 Å². The number of allylic oxidation sites excluding steroid dienone is 1. The average molecular weight is 462 g/mol. The van der Waals surface area contributed by atoms with Gasteiger partial charge in [-0.15, -0.1) is 0 Å². The summed E-state index contributed by atoms with van der Waals surface area (Å²) in [5, 5.41) is 48.8. The molecule has 0 aromatic rings. The minimum absolute atomic E-state index is 0.118. The first-order valence-electron chi connectivity index (χ1n) is 12.4. The van der Waals surface area contributed by atoms with E-state index in [1.165, 1.54) is 64.2 Å². The van der Waals surface area contributed by atoms with Crippen molar-refractivity contribution in [1.29, 1.82) is 0 Å². The fraction of sp³-hybridized carbons (Fsp3) is 0.917. The van der Waals surface area contributed by atoms with E-state index in [1.807, 2.05) is 6.08 Å². The van der Waals surface area contributed by atoms with Gasteiger partial charge in [-0.2, -0.15) is 0 Å². The molecule has 0 aromatic heterocycles. The summed E-state index contributed by atoms with van der Waals surface area (Å²) >= 11 is 0. The molecule has 0 aromatic carbocycles. The highest BCUT2D eigenvalue weighted by molar-refractivity contribution is 4.94. The van der Waals surface area contributed by atoms with Crippen molar-refractivity contribution in [2.24, 2.45) is 5.73 Å². The largest absolute Gasteiger partial charge is 0.394 e. The standard InChI is InChI=1S/C24H47NO7/c1-2-3-4-5-6-7-8-9-10-11-12-13-14-15-19(27)18(25)17-31-24-23(30)22(29)21(28)20(16-26)32-24/h14-15,18-24,26-30H,2-13,16-17,25H2,1H3/b15-14+/t18-,19-,20+,21+,22-,23+,24+/m0/s1. The molecular weight excluding hydrogens is 414 g/mol. The zero-order valence-corrected chi connectivity index (χ0v) is 19.7. The lowest BCUT2D eigenvalue weighted by Gasteiger charge is -2.39. The van der Waals surface area contributed by atoms with E-state index in [9.17, 15) is 25.5 Å². The van der Waals surface area contributed by atoms with Crippen molar-refractivity contribution in [2.75, 3.05) is 13.2 Å². The van der Waals surface area contributed by atoms with Gasteiger partial charge < -0.3 is 40.7 Å². The highest BCUT2D eigenvalue weighted by atomic mass is 16.7. The minimum atomic E-state index is -1.50. The lowest BCUT2D eigenvalue weighted by molar-refractivity contribution is -0.302. The second kappa shape index (κ2) is 17.8. The van der Waals surface area contributed by atoms with Gasteiger partial charge in [-0.25, -0.2) is 0 Å². The van der Waals surface area contributed by atoms with Crippen molar-refractivity contribution in [1.82, 2.24) is 0 Å². The predicted molar refractivity (Wildman–Crippen MR) is 124 cm³/mol. The van der Waals surface area contributed by atoms with E-state index in [0.29, 0.717) is 0 Å². The number of hydrogen-bond acceptors (Lipinski definition) is 8. The predicted octanol–water partition coefficient (Wildman–Crippen LogP) is 1.75. The minimum Gasteiger partial charge on any atom is -0.394 e. The lowest BCUT2D eigenvalue weighted by Crippen LogP contribution is -2.59. The zero-order chi connectivity index (χ0) is 23.8. The summed E-state index contributed by atoms with van der Waals surface area (Å²) < 4.78 is 10.6. The third kappa shape index (κ3) is 11.5. The summed E-state index contributed by atoms with van der Waals surface area (Å²) in [7, 11) is 0. The number of unbranched alkanes of at least 4 members (excludes halogenated alkanes) is 11. The Morgan fingerprint density at radius 2 is 1.44 bits per heavy atom. The van der Waals surface area contributed by atoms with E-state index in [0.717, 1.165) is 12.8 Å². The van der Waals surface area contributed by atoms with E-state index in [1.54, 1.807) is 6.08 Å². The first kappa shape index (κ1) is 29.5. The van der Waals surface area contributed by atoms with Gasteiger partial charge in [0, 0.05) is 0 Å². The molecule has 0 spiro atoms. The molecule has 32 heavy (non-hydrogen) atoms. The molecule has 7 atom stereocenters. The maximum absolute atomic E-state index is 10.2. The van der Waals surface area contributed by atoms with Gasteiger partial charge in [-0.1, -0.05) is 83.3 Å². The summed E-state index contributed by atoms with van der Waals surface area (Å²) in [6, 6.07) is -0.740. The Labute approximate surface area is 193 Å². The highest BCUT2D eigenvalue weighted by Crippen LogP contribution is 2.22. The van der Waals surface area contributed by atoms with Crippen molar-refractivity contribution in [3.8, 4) is 0 Å². The second-order valence-corrected chi connectivity index (χ2v) is 8.94. The summed E-state index contributed by atoms with van der Waals surface area (Å²) in [6.45, 7) is 1.60. The molecule has 1 aliphatic rings. The Morgan fingerprint density at radius 3 is 2.00 bits per heavy atom. The monoisotopic (exact) mass is 461 g/mol. The molecule has 1 saturated heterocycles. The van der Waals surface area contributed by atoms with Crippen LogP contribution in [0.1, 0.15) is 84.0 Å². The topological polar surface area (TPSA) is 146 Å². The van der Waals surface area contributed by atoms with Gasteiger partial charge in [0.1, 0.15) is 24.4 Å². The highest BCUT2D eigenvalue weighted by Gasteiger charge is 2.44. The average Bonchev–Trinajstić information content (AvgIpc) is 2.79. The van der Waals surface area contributed by atoms with Gasteiger partial charge >= 0.3 is 0 Å². The molecule has 7 N–H and O–H groups in total. The second-order valence-electron chi connectivity index (χ2n) is 8.94. The molecule has 0 unspecified atom stereocenters. The Kier molecular flexibility index (Phi) is 16.4. The summed E-state index contributed by atoms with van der Waals surface area (Å²) in [6.07, 6.45) is 11.1. The van der Waals surface area contributed by atoms with Crippen LogP contribution in [0.4, 0.5) is 0 Å². The number of aliphatic hydroxyl groups excluding tert-OH is 5. The van der Waals surface area contributed by atoms with Crippen LogP contribution in [0.2, 0.25) is 0 Å².